The van der Waals surface area contributed by atoms with E-state index in [1.165, 1.54) is 12.1 Å². The Labute approximate surface area is 117 Å². The Morgan fingerprint density at radius 2 is 1.95 bits per heavy atom. The molecule has 0 bridgehead atoms. The van der Waals surface area contributed by atoms with Crippen LogP contribution >= 0.6 is 0 Å². The average Bonchev–Trinajstić information content (AvgIpc) is 2.35. The summed E-state index contributed by atoms with van der Waals surface area (Å²) in [4.78, 5) is 22.3. The van der Waals surface area contributed by atoms with Crippen molar-refractivity contribution in [1.29, 1.82) is 0 Å². The second-order valence-electron chi connectivity index (χ2n) is 4.39. The average molecular weight is 299 g/mol. The number of hydrogen-bond donors (Lipinski definition) is 2. The van der Waals surface area contributed by atoms with E-state index in [1.807, 2.05) is 6.92 Å². The highest BCUT2D eigenvalue weighted by Gasteiger charge is 2.21. The number of carboxylic acids is 1. The van der Waals surface area contributed by atoms with Crippen LogP contribution in [0.2, 0.25) is 0 Å². The minimum Gasteiger partial charge on any atom is -0.478 e. The summed E-state index contributed by atoms with van der Waals surface area (Å²) >= 11 is 0. The van der Waals surface area contributed by atoms with Crippen molar-refractivity contribution in [3.8, 4) is 0 Å². The molecule has 0 radical (unpaired) electrons. The van der Waals surface area contributed by atoms with E-state index in [1.54, 1.807) is 6.92 Å². The molecule has 6 nitrogen and oxygen atoms in total. The summed E-state index contributed by atoms with van der Waals surface area (Å²) in [7, 11) is -3.84. The fourth-order valence-corrected chi connectivity index (χ4v) is 2.78. The van der Waals surface area contributed by atoms with E-state index in [0.717, 1.165) is 6.07 Å². The molecule has 2 N–H and O–H groups in total. The third kappa shape index (κ3) is 4.06. The van der Waals surface area contributed by atoms with Gasteiger partial charge in [0.25, 0.3) is 0 Å². The van der Waals surface area contributed by atoms with Gasteiger partial charge in [-0.25, -0.2) is 13.2 Å². The summed E-state index contributed by atoms with van der Waals surface area (Å²) in [6, 6.07) is 3.81. The Balaban J connectivity index is 3.01. The molecular weight excluding hydrogens is 282 g/mol. The second-order valence-corrected chi connectivity index (χ2v) is 6.38. The lowest BCUT2D eigenvalue weighted by Crippen LogP contribution is -2.30. The van der Waals surface area contributed by atoms with Gasteiger partial charge in [0.05, 0.1) is 10.5 Å². The first-order valence-electron chi connectivity index (χ1n) is 6.11. The topological polar surface area (TPSA) is 101 Å². The summed E-state index contributed by atoms with van der Waals surface area (Å²) in [5, 5.41) is 11.5. The predicted molar refractivity (Wildman–Crippen MR) is 73.5 cm³/mol. The maximum absolute atomic E-state index is 12.0. The number of carbonyl (C=O) groups excluding carboxylic acids is 1. The Morgan fingerprint density at radius 3 is 2.50 bits per heavy atom. The summed E-state index contributed by atoms with van der Waals surface area (Å²) in [5.41, 5.74) is 0.381. The number of aryl methyl sites for hydroxylation is 1. The van der Waals surface area contributed by atoms with Gasteiger partial charge in [0, 0.05) is 6.54 Å². The van der Waals surface area contributed by atoms with Gasteiger partial charge in [-0.2, -0.15) is 0 Å². The Morgan fingerprint density at radius 1 is 1.30 bits per heavy atom. The van der Waals surface area contributed by atoms with Gasteiger partial charge >= 0.3 is 5.97 Å². The molecule has 0 fully saturated rings. The fourth-order valence-electron chi connectivity index (χ4n) is 1.60. The third-order valence-electron chi connectivity index (χ3n) is 2.69. The van der Waals surface area contributed by atoms with Crippen LogP contribution in [-0.4, -0.2) is 37.7 Å². The number of nitrogens with one attached hydrogen (secondary N) is 1. The van der Waals surface area contributed by atoms with Gasteiger partial charge in [-0.15, -0.1) is 0 Å². The molecule has 0 spiro atoms. The van der Waals surface area contributed by atoms with Crippen LogP contribution in [0.1, 0.15) is 29.3 Å². The van der Waals surface area contributed by atoms with Crippen LogP contribution in [0, 0.1) is 6.92 Å². The molecule has 0 atom stereocenters. The molecule has 0 aliphatic rings. The van der Waals surface area contributed by atoms with Crippen LogP contribution in [0.15, 0.2) is 23.1 Å². The number of aromatic carboxylic acids is 1. The highest BCUT2D eigenvalue weighted by molar-refractivity contribution is 7.92. The maximum Gasteiger partial charge on any atom is 0.335 e. The van der Waals surface area contributed by atoms with Crippen molar-refractivity contribution >= 4 is 21.7 Å². The first-order valence-corrected chi connectivity index (χ1v) is 7.76. The molecule has 0 aliphatic carbocycles. The largest absolute Gasteiger partial charge is 0.478 e. The second kappa shape index (κ2) is 6.51. The van der Waals surface area contributed by atoms with E-state index < -0.39 is 27.5 Å². The molecule has 1 aromatic rings. The van der Waals surface area contributed by atoms with E-state index in [2.05, 4.69) is 5.32 Å². The first-order chi connectivity index (χ1) is 9.27. The van der Waals surface area contributed by atoms with Crippen LogP contribution < -0.4 is 5.32 Å². The van der Waals surface area contributed by atoms with Crippen LogP contribution in [0.5, 0.6) is 0 Å². The summed E-state index contributed by atoms with van der Waals surface area (Å²) in [5.74, 6) is -2.48. The van der Waals surface area contributed by atoms with Gasteiger partial charge in [-0.3, -0.25) is 4.79 Å². The van der Waals surface area contributed by atoms with Gasteiger partial charge < -0.3 is 10.4 Å². The lowest BCUT2D eigenvalue weighted by atomic mass is 10.1. The van der Waals surface area contributed by atoms with E-state index in [9.17, 15) is 18.0 Å². The maximum atomic E-state index is 12.0. The zero-order chi connectivity index (χ0) is 15.3. The number of carboxylic acid groups (broad SMARTS) is 1. The zero-order valence-corrected chi connectivity index (χ0v) is 12.2. The lowest BCUT2D eigenvalue weighted by Gasteiger charge is -2.07. The van der Waals surface area contributed by atoms with Crippen LogP contribution in [0.4, 0.5) is 0 Å². The molecule has 110 valence electrons. The van der Waals surface area contributed by atoms with E-state index in [4.69, 9.17) is 5.11 Å². The highest BCUT2D eigenvalue weighted by atomic mass is 32.2. The SMILES string of the molecule is CCCNC(=O)CS(=O)(=O)c1ccc(C)c(C(=O)O)c1. The number of hydrogen-bond acceptors (Lipinski definition) is 4. The smallest absolute Gasteiger partial charge is 0.335 e. The number of rotatable bonds is 6. The normalized spacial score (nSPS) is 11.1. The molecule has 20 heavy (non-hydrogen) atoms. The van der Waals surface area contributed by atoms with Crippen molar-refractivity contribution in [1.82, 2.24) is 5.32 Å². The van der Waals surface area contributed by atoms with Crippen molar-refractivity contribution in [3.05, 3.63) is 29.3 Å². The van der Waals surface area contributed by atoms with Gasteiger partial charge in [0.15, 0.2) is 9.84 Å². The number of amides is 1. The third-order valence-corrected chi connectivity index (χ3v) is 4.31. The van der Waals surface area contributed by atoms with Gasteiger partial charge in [0.2, 0.25) is 5.91 Å². The quantitative estimate of drug-likeness (QED) is 0.816. The van der Waals surface area contributed by atoms with Gasteiger partial charge in [-0.05, 0) is 31.0 Å². The zero-order valence-electron chi connectivity index (χ0n) is 11.3. The molecule has 7 heteroatoms. The van der Waals surface area contributed by atoms with Gasteiger partial charge in [-0.1, -0.05) is 13.0 Å². The van der Waals surface area contributed by atoms with Crippen LogP contribution in [0.25, 0.3) is 0 Å². The lowest BCUT2D eigenvalue weighted by molar-refractivity contribution is -0.118. The Hall–Kier alpha value is -1.89. The van der Waals surface area contributed by atoms with E-state index in [-0.39, 0.29) is 10.5 Å². The molecule has 0 saturated carbocycles. The summed E-state index contributed by atoms with van der Waals surface area (Å²) in [6.45, 7) is 3.84. The van der Waals surface area contributed by atoms with Crippen molar-refractivity contribution in [3.63, 3.8) is 0 Å². The van der Waals surface area contributed by atoms with Crippen molar-refractivity contribution in [2.45, 2.75) is 25.2 Å². The summed E-state index contributed by atoms with van der Waals surface area (Å²) in [6.07, 6.45) is 0.708. The van der Waals surface area contributed by atoms with Crippen molar-refractivity contribution in [2.24, 2.45) is 0 Å². The molecule has 0 unspecified atom stereocenters. The molecule has 0 saturated heterocycles. The summed E-state index contributed by atoms with van der Waals surface area (Å²) < 4.78 is 24.1. The van der Waals surface area contributed by atoms with E-state index >= 15 is 0 Å². The molecule has 0 aliphatic heterocycles. The monoisotopic (exact) mass is 299 g/mol. The van der Waals surface area contributed by atoms with Crippen molar-refractivity contribution in [2.75, 3.05) is 12.3 Å². The molecule has 0 aromatic heterocycles. The fraction of sp³-hybridized carbons (Fsp3) is 0.385. The number of benzene rings is 1. The highest BCUT2D eigenvalue weighted by Crippen LogP contribution is 2.17. The number of sulfone groups is 1. The number of carbonyl (C=O) groups is 2. The van der Waals surface area contributed by atoms with Crippen LogP contribution in [-0.2, 0) is 14.6 Å². The molecule has 1 amide bonds. The van der Waals surface area contributed by atoms with Crippen molar-refractivity contribution < 1.29 is 23.1 Å². The van der Waals surface area contributed by atoms with E-state index in [0.29, 0.717) is 18.5 Å². The molecular formula is C13H17NO5S. The first kappa shape index (κ1) is 16.2. The standard InChI is InChI=1S/C13H17NO5S/c1-3-6-14-12(15)8-20(18,19)10-5-4-9(2)11(7-10)13(16)17/h4-5,7H,3,6,8H2,1-2H3,(H,14,15)(H,16,17). The molecule has 1 rings (SSSR count). The minimum atomic E-state index is -3.84. The predicted octanol–water partition coefficient (Wildman–Crippen LogP) is 0.993. The Bertz CT molecular complexity index is 622. The minimum absolute atomic E-state index is 0.0833. The van der Waals surface area contributed by atoms with Gasteiger partial charge in [0.1, 0.15) is 5.75 Å². The molecule has 1 aromatic carbocycles. The Kier molecular flexibility index (Phi) is 5.26. The molecule has 0 heterocycles. The van der Waals surface area contributed by atoms with Crippen LogP contribution in [0.3, 0.4) is 0 Å².